The molecule has 2 fully saturated rings. The molecule has 1 aliphatic heterocycles. The van der Waals surface area contributed by atoms with Crippen molar-refractivity contribution in [3.05, 3.63) is 76.9 Å². The Hall–Kier alpha value is -3.41. The van der Waals surface area contributed by atoms with Crippen molar-refractivity contribution < 1.29 is 19.0 Å². The number of aromatic nitrogens is 1. The topological polar surface area (TPSA) is 62.7 Å². The summed E-state index contributed by atoms with van der Waals surface area (Å²) in [6.07, 6.45) is 6.26. The number of carboxylic acids is 1. The Labute approximate surface area is 231 Å². The summed E-state index contributed by atoms with van der Waals surface area (Å²) in [6, 6.07) is 14.6. The molecule has 2 aromatic carbocycles. The highest BCUT2D eigenvalue weighted by Gasteiger charge is 2.40. The van der Waals surface area contributed by atoms with Crippen molar-refractivity contribution in [2.75, 3.05) is 24.6 Å². The number of ether oxygens (including phenoxy) is 1. The zero-order valence-corrected chi connectivity index (χ0v) is 23.5. The maximum absolute atomic E-state index is 13.4. The zero-order valence-electron chi connectivity index (χ0n) is 23.5. The second kappa shape index (κ2) is 10.6. The number of carbonyl (C=O) groups is 1. The van der Waals surface area contributed by atoms with Crippen LogP contribution in [0.15, 0.2) is 48.5 Å². The Morgan fingerprint density at radius 2 is 1.64 bits per heavy atom. The van der Waals surface area contributed by atoms with Crippen LogP contribution in [0.2, 0.25) is 0 Å². The predicted octanol–water partition coefficient (Wildman–Crippen LogP) is 7.26. The second-order valence-corrected chi connectivity index (χ2v) is 12.1. The Bertz CT molecular complexity index is 1330. The summed E-state index contributed by atoms with van der Waals surface area (Å²) >= 11 is 0. The third kappa shape index (κ3) is 5.66. The number of hydrogen-bond donors (Lipinski definition) is 1. The molecule has 0 amide bonds. The Kier molecular flexibility index (Phi) is 7.41. The molecule has 0 bridgehead atoms. The van der Waals surface area contributed by atoms with Crippen molar-refractivity contribution in [2.24, 2.45) is 5.41 Å². The Morgan fingerprint density at radius 1 is 1.00 bits per heavy atom. The first-order valence-corrected chi connectivity index (χ1v) is 14.0. The fraction of sp³-hybridized carbons (Fsp3) is 0.455. The molecule has 5 rings (SSSR count). The van der Waals surface area contributed by atoms with Crippen molar-refractivity contribution in [1.29, 1.82) is 0 Å². The molecule has 1 aromatic heterocycles. The molecule has 0 unspecified atom stereocenters. The van der Waals surface area contributed by atoms with Gasteiger partial charge >= 0.3 is 5.97 Å². The summed E-state index contributed by atoms with van der Waals surface area (Å²) in [5, 5.41) is 9.75. The van der Waals surface area contributed by atoms with Gasteiger partial charge in [0.25, 0.3) is 0 Å². The van der Waals surface area contributed by atoms with Crippen molar-refractivity contribution in [3.63, 3.8) is 0 Å². The molecular formula is C33H39FN2O3. The highest BCUT2D eigenvalue weighted by atomic mass is 19.1. The summed E-state index contributed by atoms with van der Waals surface area (Å²) in [6.45, 7) is 10.5. The molecular weight excluding hydrogens is 491 g/mol. The number of carboxylic acid groups (broad SMARTS) is 1. The van der Waals surface area contributed by atoms with E-state index >= 15 is 0 Å². The lowest BCUT2D eigenvalue weighted by molar-refractivity contribution is -0.136. The zero-order chi connectivity index (χ0) is 27.8. The first kappa shape index (κ1) is 27.2. The van der Waals surface area contributed by atoms with Gasteiger partial charge in [-0.2, -0.15) is 0 Å². The number of anilines is 1. The summed E-state index contributed by atoms with van der Waals surface area (Å²) in [7, 11) is 0. The van der Waals surface area contributed by atoms with Crippen LogP contribution in [-0.2, 0) is 16.6 Å². The third-order valence-corrected chi connectivity index (χ3v) is 8.91. The summed E-state index contributed by atoms with van der Waals surface area (Å²) in [5.74, 6) is -0.329. The van der Waals surface area contributed by atoms with Crippen LogP contribution in [0.4, 0.5) is 10.1 Å². The summed E-state index contributed by atoms with van der Waals surface area (Å²) in [4.78, 5) is 19.1. The van der Waals surface area contributed by atoms with Crippen LogP contribution in [0.5, 0.6) is 5.75 Å². The van der Waals surface area contributed by atoms with Crippen molar-refractivity contribution in [3.8, 4) is 16.9 Å². The van der Waals surface area contributed by atoms with E-state index in [2.05, 4.69) is 18.7 Å². The molecule has 1 saturated carbocycles. The maximum atomic E-state index is 13.4. The number of piperidine rings is 1. The maximum Gasteiger partial charge on any atom is 0.307 e. The largest absolute Gasteiger partial charge is 0.493 e. The monoisotopic (exact) mass is 530 g/mol. The number of benzene rings is 2. The average Bonchev–Trinajstić information content (AvgIpc) is 2.88. The van der Waals surface area contributed by atoms with E-state index in [-0.39, 0.29) is 17.7 Å². The molecule has 206 valence electrons. The SMILES string of the molecule is Cc1nc(C)c(-c2ccc(OCC(C)(C)c3ccc(F)cc3)cc2)c(N2CCC3(CCC3)CC2)c1CC(=O)O. The number of nitrogens with zero attached hydrogens (tertiary/aromatic N) is 2. The van der Waals surface area contributed by atoms with E-state index in [4.69, 9.17) is 9.72 Å². The minimum Gasteiger partial charge on any atom is -0.493 e. The lowest BCUT2D eigenvalue weighted by Crippen LogP contribution is -2.44. The van der Waals surface area contributed by atoms with Crippen LogP contribution in [0.1, 0.15) is 68.5 Å². The molecule has 0 atom stereocenters. The standard InChI is InChI=1S/C33H39FN2O3/c1-22-28(20-29(37)38)31(36-18-16-33(17-19-36)14-5-15-33)30(23(2)35-22)24-6-12-27(13-7-24)39-21-32(3,4)25-8-10-26(34)11-9-25/h6-13H,5,14-21H2,1-4H3,(H,37,38). The number of aryl methyl sites for hydroxylation is 2. The van der Waals surface area contributed by atoms with Crippen LogP contribution in [0, 0.1) is 25.1 Å². The van der Waals surface area contributed by atoms with Crippen molar-refractivity contribution in [2.45, 2.75) is 71.6 Å². The van der Waals surface area contributed by atoms with E-state index in [9.17, 15) is 14.3 Å². The molecule has 5 nitrogen and oxygen atoms in total. The Balaban J connectivity index is 1.42. The minimum absolute atomic E-state index is 0.0389. The number of hydrogen-bond acceptors (Lipinski definition) is 4. The van der Waals surface area contributed by atoms with Crippen LogP contribution < -0.4 is 9.64 Å². The second-order valence-electron chi connectivity index (χ2n) is 12.1. The van der Waals surface area contributed by atoms with Gasteiger partial charge in [-0.25, -0.2) is 4.39 Å². The predicted molar refractivity (Wildman–Crippen MR) is 153 cm³/mol. The summed E-state index contributed by atoms with van der Waals surface area (Å²) < 4.78 is 19.5. The smallest absolute Gasteiger partial charge is 0.307 e. The van der Waals surface area contributed by atoms with Gasteiger partial charge in [-0.1, -0.05) is 44.5 Å². The molecule has 1 N–H and O–H groups in total. The molecule has 1 spiro atoms. The first-order valence-electron chi connectivity index (χ1n) is 14.0. The molecule has 39 heavy (non-hydrogen) atoms. The number of rotatable bonds is 8. The normalized spacial score (nSPS) is 16.7. The van der Waals surface area contributed by atoms with E-state index in [1.54, 1.807) is 12.1 Å². The number of halogens is 1. The number of pyridine rings is 1. The van der Waals surface area contributed by atoms with Crippen LogP contribution in [0.3, 0.4) is 0 Å². The van der Waals surface area contributed by atoms with Gasteiger partial charge in [-0.15, -0.1) is 0 Å². The van der Waals surface area contributed by atoms with E-state index < -0.39 is 5.97 Å². The van der Waals surface area contributed by atoms with Gasteiger partial charge in [0.1, 0.15) is 11.6 Å². The fourth-order valence-corrected chi connectivity index (χ4v) is 6.27. The molecule has 1 aliphatic carbocycles. The van der Waals surface area contributed by atoms with Crippen molar-refractivity contribution >= 4 is 11.7 Å². The van der Waals surface area contributed by atoms with Gasteiger partial charge in [0.05, 0.1) is 18.7 Å². The lowest BCUT2D eigenvalue weighted by Gasteiger charge is -2.49. The molecule has 6 heteroatoms. The quantitative estimate of drug-likeness (QED) is 0.332. The van der Waals surface area contributed by atoms with E-state index in [0.29, 0.717) is 12.0 Å². The lowest BCUT2D eigenvalue weighted by atomic mass is 9.63. The van der Waals surface area contributed by atoms with E-state index in [1.807, 2.05) is 38.1 Å². The first-order chi connectivity index (χ1) is 18.6. The molecule has 1 saturated heterocycles. The van der Waals surface area contributed by atoms with E-state index in [0.717, 1.165) is 71.0 Å². The number of aliphatic carboxylic acids is 1. The average molecular weight is 531 g/mol. The highest BCUT2D eigenvalue weighted by Crippen LogP contribution is 2.50. The van der Waals surface area contributed by atoms with E-state index in [1.165, 1.54) is 31.4 Å². The van der Waals surface area contributed by atoms with Gasteiger partial charge in [-0.05, 0) is 80.3 Å². The highest BCUT2D eigenvalue weighted by molar-refractivity contribution is 5.86. The van der Waals surface area contributed by atoms with Gasteiger partial charge in [0, 0.05) is 41.0 Å². The van der Waals surface area contributed by atoms with Crippen LogP contribution in [-0.4, -0.2) is 35.8 Å². The van der Waals surface area contributed by atoms with Crippen LogP contribution >= 0.6 is 0 Å². The third-order valence-electron chi connectivity index (χ3n) is 8.91. The van der Waals surface area contributed by atoms with Gasteiger partial charge in [0.15, 0.2) is 0 Å². The summed E-state index contributed by atoms with van der Waals surface area (Å²) in [5.41, 5.74) is 6.80. The Morgan fingerprint density at radius 3 is 2.21 bits per heavy atom. The minimum atomic E-state index is -0.837. The molecule has 2 aliphatic rings. The van der Waals surface area contributed by atoms with Gasteiger partial charge < -0.3 is 14.7 Å². The van der Waals surface area contributed by atoms with Gasteiger partial charge in [0.2, 0.25) is 0 Å². The fourth-order valence-electron chi connectivity index (χ4n) is 6.27. The van der Waals surface area contributed by atoms with Crippen molar-refractivity contribution in [1.82, 2.24) is 4.98 Å². The van der Waals surface area contributed by atoms with Gasteiger partial charge in [-0.3, -0.25) is 9.78 Å². The van der Waals surface area contributed by atoms with Crippen LogP contribution in [0.25, 0.3) is 11.1 Å². The molecule has 2 heterocycles. The molecule has 3 aromatic rings. The molecule has 0 radical (unpaired) electrons.